The summed E-state index contributed by atoms with van der Waals surface area (Å²) in [7, 11) is 4.91. The van der Waals surface area contributed by atoms with Gasteiger partial charge in [0.1, 0.15) is 17.9 Å². The molecule has 0 amide bonds. The topological polar surface area (TPSA) is 131 Å². The van der Waals surface area contributed by atoms with Gasteiger partial charge >= 0.3 is 11.9 Å². The number of aromatic nitrogens is 3. The lowest BCUT2D eigenvalue weighted by Crippen LogP contribution is -2.42. The maximum absolute atomic E-state index is 11.9. The molecule has 31 heavy (non-hydrogen) atoms. The monoisotopic (exact) mass is 492 g/mol. The second-order valence-electron chi connectivity index (χ2n) is 7.07. The van der Waals surface area contributed by atoms with Crippen LogP contribution in [0.1, 0.15) is 19.0 Å². The van der Waals surface area contributed by atoms with Crippen LogP contribution in [0.2, 0.25) is 0 Å². The van der Waals surface area contributed by atoms with Gasteiger partial charge in [-0.05, 0) is 12.1 Å². The fourth-order valence-corrected chi connectivity index (χ4v) is 4.12. The van der Waals surface area contributed by atoms with Crippen LogP contribution in [-0.4, -0.2) is 76.0 Å². The van der Waals surface area contributed by atoms with Crippen LogP contribution in [0.3, 0.4) is 0 Å². The molecule has 0 spiro atoms. The zero-order valence-corrected chi connectivity index (χ0v) is 18.9. The van der Waals surface area contributed by atoms with Crippen LogP contribution in [0.15, 0.2) is 23.5 Å². The molecule has 0 bridgehead atoms. The zero-order chi connectivity index (χ0) is 22.8. The van der Waals surface area contributed by atoms with Crippen molar-refractivity contribution in [2.24, 2.45) is 4.99 Å². The fraction of sp³-hybridized carbons (Fsp3) is 0.474. The second-order valence-corrected chi connectivity index (χ2v) is 8.12. The quantitative estimate of drug-likeness (QED) is 0.253. The minimum Gasteiger partial charge on any atom is -0.469 e. The number of hydrogen-bond acceptors (Lipinski definition) is 9. The van der Waals surface area contributed by atoms with Gasteiger partial charge in [-0.2, -0.15) is 10.4 Å². The third kappa shape index (κ3) is 4.24. The first-order valence-corrected chi connectivity index (χ1v) is 10.2. The number of carbonyl (C=O) groups is 2. The summed E-state index contributed by atoms with van der Waals surface area (Å²) in [6.45, 7) is 1.24. The molecule has 1 aliphatic rings. The maximum atomic E-state index is 11.9. The molecule has 1 saturated heterocycles. The molecule has 0 aliphatic carbocycles. The number of rotatable bonds is 6. The number of fused-ring (bicyclic) bond motifs is 1. The normalized spacial score (nSPS) is 25.5. The smallest absolute Gasteiger partial charge is 0.308 e. The molecule has 1 fully saturated rings. The van der Waals surface area contributed by atoms with E-state index in [2.05, 4.69) is 37.1 Å². The Labute approximate surface area is 186 Å². The van der Waals surface area contributed by atoms with E-state index < -0.39 is 34.6 Å². The van der Waals surface area contributed by atoms with Gasteiger partial charge in [-0.1, -0.05) is 15.9 Å². The Kier molecular flexibility index (Phi) is 6.56. The van der Waals surface area contributed by atoms with Gasteiger partial charge in [-0.3, -0.25) is 9.59 Å². The van der Waals surface area contributed by atoms with Gasteiger partial charge in [0.2, 0.25) is 5.60 Å². The van der Waals surface area contributed by atoms with Crippen LogP contribution in [0, 0.1) is 11.3 Å². The predicted molar refractivity (Wildman–Crippen MR) is 112 cm³/mol. The summed E-state index contributed by atoms with van der Waals surface area (Å²) >= 11 is 3.45. The average molecular weight is 493 g/mol. The zero-order valence-electron chi connectivity index (χ0n) is 17.4. The van der Waals surface area contributed by atoms with Gasteiger partial charge in [0, 0.05) is 21.0 Å². The summed E-state index contributed by atoms with van der Waals surface area (Å²) in [6, 6.07) is 5.47. The van der Waals surface area contributed by atoms with E-state index in [-0.39, 0.29) is 6.42 Å². The molecule has 0 saturated carbocycles. The van der Waals surface area contributed by atoms with Crippen molar-refractivity contribution in [2.75, 3.05) is 21.2 Å². The fourth-order valence-electron chi connectivity index (χ4n) is 3.34. The summed E-state index contributed by atoms with van der Waals surface area (Å²) < 4.78 is 17.7. The van der Waals surface area contributed by atoms with Gasteiger partial charge in [0.15, 0.2) is 11.9 Å². The second kappa shape index (κ2) is 8.99. The van der Waals surface area contributed by atoms with Crippen LogP contribution < -0.4 is 0 Å². The van der Waals surface area contributed by atoms with Gasteiger partial charge in [0.25, 0.3) is 0 Å². The molecule has 0 N–H and O–H groups in total. The van der Waals surface area contributed by atoms with E-state index in [9.17, 15) is 14.9 Å². The molecule has 2 aromatic heterocycles. The number of halogens is 1. The molecular weight excluding hydrogens is 472 g/mol. The van der Waals surface area contributed by atoms with Crippen molar-refractivity contribution in [1.29, 1.82) is 5.26 Å². The molecule has 1 aliphatic heterocycles. The highest BCUT2D eigenvalue weighted by molar-refractivity contribution is 9.09. The van der Waals surface area contributed by atoms with Gasteiger partial charge in [0.05, 0.1) is 36.5 Å². The lowest BCUT2D eigenvalue weighted by molar-refractivity contribution is -0.155. The number of nitrogens with zero attached hydrogens (tertiary/aromatic N) is 6. The Balaban J connectivity index is 2.13. The average Bonchev–Trinajstić information content (AvgIpc) is 3.27. The summed E-state index contributed by atoms with van der Waals surface area (Å²) in [6.07, 6.45) is 0.923. The summed E-state index contributed by atoms with van der Waals surface area (Å²) in [4.78, 5) is 33.3. The minimum absolute atomic E-state index is 0.135. The van der Waals surface area contributed by atoms with E-state index in [1.807, 2.05) is 14.1 Å². The number of alkyl halides is 1. The van der Waals surface area contributed by atoms with Crippen LogP contribution in [-0.2, 0) is 29.4 Å². The predicted octanol–water partition coefficient (Wildman–Crippen LogP) is 1.33. The van der Waals surface area contributed by atoms with Crippen molar-refractivity contribution in [2.45, 2.75) is 36.0 Å². The Hall–Kier alpha value is -3.04. The summed E-state index contributed by atoms with van der Waals surface area (Å²) in [5.41, 5.74) is -0.892. The van der Waals surface area contributed by atoms with E-state index in [0.29, 0.717) is 17.0 Å². The van der Waals surface area contributed by atoms with E-state index in [4.69, 9.17) is 14.2 Å². The SMILES string of the molecule is COC(=O)C[C@H]1O[C@@](C#N)(c2ccc3c(N=CN(C)C)ncnn23)[C@H](OC(C)=O)[C@H]1Br. The van der Waals surface area contributed by atoms with Crippen molar-refractivity contribution in [3.63, 3.8) is 0 Å². The van der Waals surface area contributed by atoms with Crippen LogP contribution in [0.4, 0.5) is 5.82 Å². The molecule has 2 aromatic rings. The molecule has 0 radical (unpaired) electrons. The number of ether oxygens (including phenoxy) is 3. The highest BCUT2D eigenvalue weighted by Crippen LogP contribution is 2.46. The lowest BCUT2D eigenvalue weighted by Gasteiger charge is -2.27. The maximum Gasteiger partial charge on any atom is 0.308 e. The van der Waals surface area contributed by atoms with Crippen molar-refractivity contribution in [3.8, 4) is 6.07 Å². The Morgan fingerprint density at radius 1 is 1.48 bits per heavy atom. The molecule has 4 atom stereocenters. The third-order valence-corrected chi connectivity index (χ3v) is 5.73. The van der Waals surface area contributed by atoms with E-state index >= 15 is 0 Å². The van der Waals surface area contributed by atoms with Gasteiger partial charge < -0.3 is 19.1 Å². The van der Waals surface area contributed by atoms with Gasteiger partial charge in [-0.15, -0.1) is 0 Å². The number of aliphatic imine (C=N–C) groups is 1. The highest BCUT2D eigenvalue weighted by atomic mass is 79.9. The standard InChI is InChI=1S/C19H21BrN6O5/c1-11(27)30-17-16(20)13(7-15(28)29-4)31-19(17,8-21)14-6-5-12-18(23-10-25(2)3)22-9-24-26(12)14/h5-6,9-10,13,16-17H,7H2,1-4H3/t13-,16+,17-,19+/m1/s1. The van der Waals surface area contributed by atoms with E-state index in [0.717, 1.165) is 0 Å². The molecule has 3 heterocycles. The molecule has 12 heteroatoms. The third-order valence-electron chi connectivity index (χ3n) is 4.66. The lowest BCUT2D eigenvalue weighted by atomic mass is 9.93. The van der Waals surface area contributed by atoms with E-state index in [1.54, 1.807) is 23.4 Å². The first kappa shape index (κ1) is 22.6. The molecular formula is C19H21BrN6O5. The van der Waals surface area contributed by atoms with Crippen LogP contribution in [0.5, 0.6) is 0 Å². The molecule has 0 aromatic carbocycles. The number of esters is 2. The molecule has 3 rings (SSSR count). The molecule has 0 unspecified atom stereocenters. The number of methoxy groups -OCH3 is 1. The minimum atomic E-state index is -1.73. The number of carbonyl (C=O) groups excluding carboxylic acids is 2. The van der Waals surface area contributed by atoms with Crippen molar-refractivity contribution in [3.05, 3.63) is 24.2 Å². The van der Waals surface area contributed by atoms with Crippen molar-refractivity contribution in [1.82, 2.24) is 19.5 Å². The van der Waals surface area contributed by atoms with Crippen molar-refractivity contribution < 1.29 is 23.8 Å². The van der Waals surface area contributed by atoms with Crippen LogP contribution in [0.25, 0.3) is 5.52 Å². The largest absolute Gasteiger partial charge is 0.469 e. The Bertz CT molecular complexity index is 1060. The van der Waals surface area contributed by atoms with Gasteiger partial charge in [-0.25, -0.2) is 14.5 Å². The van der Waals surface area contributed by atoms with E-state index in [1.165, 1.54) is 24.9 Å². The first-order valence-electron chi connectivity index (χ1n) is 9.24. The molecule has 11 nitrogen and oxygen atoms in total. The Morgan fingerprint density at radius 2 is 2.23 bits per heavy atom. The Morgan fingerprint density at radius 3 is 2.84 bits per heavy atom. The first-order chi connectivity index (χ1) is 14.7. The highest BCUT2D eigenvalue weighted by Gasteiger charge is 2.60. The number of nitriles is 1. The summed E-state index contributed by atoms with van der Waals surface area (Å²) in [5.74, 6) is -0.734. The van der Waals surface area contributed by atoms with Crippen molar-refractivity contribution >= 4 is 45.5 Å². The summed E-state index contributed by atoms with van der Waals surface area (Å²) in [5, 5.41) is 14.5. The molecule has 164 valence electrons. The number of hydrogen-bond donors (Lipinski definition) is 0. The van der Waals surface area contributed by atoms with Crippen LogP contribution >= 0.6 is 15.9 Å².